The van der Waals surface area contributed by atoms with E-state index in [1.165, 1.54) is 56.9 Å². The molecule has 2 rings (SSSR count). The van der Waals surface area contributed by atoms with Crippen LogP contribution < -0.4 is 0 Å². The molecule has 0 saturated heterocycles. The lowest BCUT2D eigenvalue weighted by Gasteiger charge is -2.13. The molecule has 1 aromatic carbocycles. The van der Waals surface area contributed by atoms with Gasteiger partial charge >= 0.3 is 5.97 Å². The first-order valence-corrected chi connectivity index (χ1v) is 11.8. The summed E-state index contributed by atoms with van der Waals surface area (Å²) in [4.78, 5) is 21.4. The smallest absolute Gasteiger partial charge is 0.338 e. The quantitative estimate of drug-likeness (QED) is 0.245. The summed E-state index contributed by atoms with van der Waals surface area (Å²) >= 11 is 0. The van der Waals surface area contributed by atoms with Crippen molar-refractivity contribution in [3.05, 3.63) is 47.8 Å². The molecule has 1 atom stereocenters. The van der Waals surface area contributed by atoms with Crippen LogP contribution in [0.3, 0.4) is 0 Å². The Hall–Kier alpha value is -2.23. The lowest BCUT2D eigenvalue weighted by Crippen LogP contribution is -2.15. The fraction of sp³-hybridized carbons (Fsp3) is 0.577. The topological polar surface area (TPSA) is 52.1 Å². The number of aromatic nitrogens is 2. The second kappa shape index (κ2) is 13.9. The molecule has 30 heavy (non-hydrogen) atoms. The van der Waals surface area contributed by atoms with E-state index in [4.69, 9.17) is 4.74 Å². The highest BCUT2D eigenvalue weighted by atomic mass is 16.5. The molecule has 2 aromatic rings. The van der Waals surface area contributed by atoms with Crippen LogP contribution in [-0.2, 0) is 11.2 Å². The van der Waals surface area contributed by atoms with Crippen molar-refractivity contribution in [3.8, 4) is 11.4 Å². The minimum absolute atomic E-state index is 0.0492. The zero-order valence-electron chi connectivity index (χ0n) is 19.0. The molecule has 0 N–H and O–H groups in total. The van der Waals surface area contributed by atoms with Crippen molar-refractivity contribution in [1.29, 1.82) is 0 Å². The van der Waals surface area contributed by atoms with Gasteiger partial charge in [0.05, 0.1) is 11.7 Å². The molecule has 1 unspecified atom stereocenters. The van der Waals surface area contributed by atoms with Crippen molar-refractivity contribution >= 4 is 5.97 Å². The maximum absolute atomic E-state index is 12.3. The summed E-state index contributed by atoms with van der Waals surface area (Å²) in [6.45, 7) is 6.40. The first-order chi connectivity index (χ1) is 14.6. The molecule has 0 amide bonds. The molecule has 0 aliphatic heterocycles. The molecule has 0 bridgehead atoms. The highest BCUT2D eigenvalue weighted by molar-refractivity contribution is 5.90. The number of ether oxygens (including phenoxy) is 1. The molecule has 4 heteroatoms. The van der Waals surface area contributed by atoms with Gasteiger partial charge in [-0.2, -0.15) is 0 Å². The Morgan fingerprint density at radius 3 is 2.10 bits per heavy atom. The summed E-state index contributed by atoms with van der Waals surface area (Å²) in [6, 6.07) is 7.38. The van der Waals surface area contributed by atoms with Gasteiger partial charge in [-0.3, -0.25) is 0 Å². The van der Waals surface area contributed by atoms with E-state index in [0.717, 1.165) is 24.8 Å². The number of carbonyl (C=O) groups excluding carboxylic acids is 1. The largest absolute Gasteiger partial charge is 0.459 e. The first kappa shape index (κ1) is 24.0. The maximum Gasteiger partial charge on any atom is 0.338 e. The van der Waals surface area contributed by atoms with Crippen LogP contribution in [0.1, 0.15) is 101 Å². The lowest BCUT2D eigenvalue weighted by molar-refractivity contribution is 0.0319. The Bertz CT molecular complexity index is 726. The number of hydrogen-bond donors (Lipinski definition) is 0. The van der Waals surface area contributed by atoms with Gasteiger partial charge in [0.25, 0.3) is 0 Å². The Morgan fingerprint density at radius 2 is 1.47 bits per heavy atom. The minimum Gasteiger partial charge on any atom is -0.459 e. The second-order valence-corrected chi connectivity index (χ2v) is 8.22. The standard InChI is InChI=1S/C26H38N2O2/c1-4-6-8-10-12-14-22-19-27-25(28-20-22)23-15-17-24(18-16-23)26(29)30-21(3)13-11-9-7-5-2/h15-21H,4-14H2,1-3H3. The molecular weight excluding hydrogens is 372 g/mol. The number of carbonyl (C=O) groups is 1. The Kier molecular flexibility index (Phi) is 11.1. The summed E-state index contributed by atoms with van der Waals surface area (Å²) in [5.41, 5.74) is 2.67. The van der Waals surface area contributed by atoms with Gasteiger partial charge in [-0.05, 0) is 50.3 Å². The van der Waals surface area contributed by atoms with Gasteiger partial charge in [-0.15, -0.1) is 0 Å². The summed E-state index contributed by atoms with van der Waals surface area (Å²) in [5.74, 6) is 0.429. The van der Waals surface area contributed by atoms with E-state index in [-0.39, 0.29) is 12.1 Å². The van der Waals surface area contributed by atoms with Gasteiger partial charge < -0.3 is 4.74 Å². The van der Waals surface area contributed by atoms with Crippen LogP contribution in [0.15, 0.2) is 36.7 Å². The van der Waals surface area contributed by atoms with Gasteiger partial charge in [0.2, 0.25) is 0 Å². The average Bonchev–Trinajstić information content (AvgIpc) is 2.77. The van der Waals surface area contributed by atoms with Crippen molar-refractivity contribution < 1.29 is 9.53 Å². The van der Waals surface area contributed by atoms with Crippen LogP contribution in [0.25, 0.3) is 11.4 Å². The Morgan fingerprint density at radius 1 is 0.867 bits per heavy atom. The van der Waals surface area contributed by atoms with Crippen LogP contribution in [0, 0.1) is 0 Å². The van der Waals surface area contributed by atoms with E-state index in [1.54, 1.807) is 12.1 Å². The van der Waals surface area contributed by atoms with E-state index >= 15 is 0 Å². The third-order valence-corrected chi connectivity index (χ3v) is 5.43. The zero-order chi connectivity index (χ0) is 21.6. The molecule has 0 aliphatic rings. The molecule has 1 heterocycles. The monoisotopic (exact) mass is 410 g/mol. The molecule has 0 aliphatic carbocycles. The molecule has 164 valence electrons. The highest BCUT2D eigenvalue weighted by Gasteiger charge is 2.12. The van der Waals surface area contributed by atoms with Crippen LogP contribution in [0.2, 0.25) is 0 Å². The summed E-state index contributed by atoms with van der Waals surface area (Å²) in [7, 11) is 0. The van der Waals surface area contributed by atoms with Crippen LogP contribution in [0.4, 0.5) is 0 Å². The second-order valence-electron chi connectivity index (χ2n) is 8.22. The zero-order valence-corrected chi connectivity index (χ0v) is 19.0. The average molecular weight is 411 g/mol. The van der Waals surface area contributed by atoms with Crippen LogP contribution in [0.5, 0.6) is 0 Å². The van der Waals surface area contributed by atoms with Crippen molar-refractivity contribution in [2.75, 3.05) is 0 Å². The SMILES string of the molecule is CCCCCCCc1cnc(-c2ccc(C(=O)OC(C)CCCCCC)cc2)nc1. The third kappa shape index (κ3) is 8.64. The van der Waals surface area contributed by atoms with Crippen molar-refractivity contribution in [1.82, 2.24) is 9.97 Å². The van der Waals surface area contributed by atoms with E-state index in [1.807, 2.05) is 31.5 Å². The van der Waals surface area contributed by atoms with Crippen LogP contribution >= 0.6 is 0 Å². The van der Waals surface area contributed by atoms with E-state index in [2.05, 4.69) is 23.8 Å². The molecule has 1 aromatic heterocycles. The number of esters is 1. The van der Waals surface area contributed by atoms with Gasteiger partial charge in [0.1, 0.15) is 0 Å². The van der Waals surface area contributed by atoms with E-state index in [0.29, 0.717) is 11.4 Å². The van der Waals surface area contributed by atoms with E-state index < -0.39 is 0 Å². The summed E-state index contributed by atoms with van der Waals surface area (Å²) < 4.78 is 5.57. The van der Waals surface area contributed by atoms with Gasteiger partial charge in [0, 0.05) is 18.0 Å². The van der Waals surface area contributed by atoms with E-state index in [9.17, 15) is 4.79 Å². The van der Waals surface area contributed by atoms with Crippen molar-refractivity contribution in [2.45, 2.75) is 97.5 Å². The fourth-order valence-electron chi connectivity index (χ4n) is 3.49. The normalized spacial score (nSPS) is 12.0. The predicted molar refractivity (Wildman–Crippen MR) is 124 cm³/mol. The van der Waals surface area contributed by atoms with Gasteiger partial charge in [-0.25, -0.2) is 14.8 Å². The summed E-state index contributed by atoms with van der Waals surface area (Å²) in [6.07, 6.45) is 16.9. The molecular formula is C26H38N2O2. The van der Waals surface area contributed by atoms with Crippen LogP contribution in [-0.4, -0.2) is 22.0 Å². The highest BCUT2D eigenvalue weighted by Crippen LogP contribution is 2.18. The molecule has 0 saturated carbocycles. The molecule has 4 nitrogen and oxygen atoms in total. The van der Waals surface area contributed by atoms with Gasteiger partial charge in [0.15, 0.2) is 5.82 Å². The van der Waals surface area contributed by atoms with Gasteiger partial charge in [-0.1, -0.05) is 70.9 Å². The Balaban J connectivity index is 1.82. The first-order valence-electron chi connectivity index (χ1n) is 11.8. The maximum atomic E-state index is 12.3. The minimum atomic E-state index is -0.260. The Labute approximate surface area is 182 Å². The third-order valence-electron chi connectivity index (χ3n) is 5.43. The lowest BCUT2D eigenvalue weighted by atomic mass is 10.1. The summed E-state index contributed by atoms with van der Waals surface area (Å²) in [5, 5.41) is 0. The number of aryl methyl sites for hydroxylation is 1. The van der Waals surface area contributed by atoms with Crippen molar-refractivity contribution in [3.63, 3.8) is 0 Å². The predicted octanol–water partition coefficient (Wildman–Crippen LogP) is 7.17. The number of hydrogen-bond acceptors (Lipinski definition) is 4. The molecule has 0 fully saturated rings. The molecule has 0 radical (unpaired) electrons. The fourth-order valence-corrected chi connectivity index (χ4v) is 3.49. The number of benzene rings is 1. The molecule has 0 spiro atoms. The number of rotatable bonds is 14. The van der Waals surface area contributed by atoms with Crippen molar-refractivity contribution in [2.24, 2.45) is 0 Å². The number of nitrogens with zero attached hydrogens (tertiary/aromatic N) is 2. The number of unbranched alkanes of at least 4 members (excludes halogenated alkanes) is 7.